The Labute approximate surface area is 137 Å². The minimum absolute atomic E-state index is 0.367. The molecule has 0 radical (unpaired) electrons. The third-order valence-electron chi connectivity index (χ3n) is 2.63. The topological polar surface area (TPSA) is 12.0 Å². The van der Waals surface area contributed by atoms with Crippen LogP contribution in [-0.4, -0.2) is 7.05 Å². The van der Waals surface area contributed by atoms with Crippen LogP contribution in [0, 0.1) is 5.82 Å². The second-order valence-electron chi connectivity index (χ2n) is 3.79. The average Bonchev–Trinajstić information content (AvgIpc) is 2.66. The molecule has 1 heterocycles. The first-order valence-electron chi connectivity index (χ1n) is 5.20. The highest BCUT2D eigenvalue weighted by Crippen LogP contribution is 2.39. The van der Waals surface area contributed by atoms with Crippen LogP contribution in [0.25, 0.3) is 0 Å². The van der Waals surface area contributed by atoms with Crippen molar-refractivity contribution in [2.45, 2.75) is 6.04 Å². The van der Waals surface area contributed by atoms with E-state index in [0.717, 1.165) is 5.56 Å². The quantitative estimate of drug-likeness (QED) is 0.628. The van der Waals surface area contributed by atoms with Gasteiger partial charge < -0.3 is 5.32 Å². The van der Waals surface area contributed by atoms with E-state index in [1.165, 1.54) is 17.4 Å². The van der Waals surface area contributed by atoms with E-state index < -0.39 is 6.04 Å². The normalized spacial score (nSPS) is 12.7. The lowest BCUT2D eigenvalue weighted by Crippen LogP contribution is -2.18. The van der Waals surface area contributed by atoms with Gasteiger partial charge in [0.15, 0.2) is 0 Å². The van der Waals surface area contributed by atoms with Gasteiger partial charge in [0.2, 0.25) is 0 Å². The van der Waals surface area contributed by atoms with E-state index in [2.05, 4.69) is 21.2 Å². The number of benzene rings is 1. The Morgan fingerprint density at radius 3 is 2.42 bits per heavy atom. The molecule has 2 rings (SSSR count). The van der Waals surface area contributed by atoms with Crippen LogP contribution >= 0.6 is 62.1 Å². The van der Waals surface area contributed by atoms with Crippen LogP contribution in [0.1, 0.15) is 17.2 Å². The Bertz CT molecular complexity index is 617. The summed E-state index contributed by atoms with van der Waals surface area (Å²) in [6.07, 6.45) is 0. The first-order valence-corrected chi connectivity index (χ1v) is 7.94. The Morgan fingerprint density at radius 1 is 1.21 bits per heavy atom. The van der Waals surface area contributed by atoms with Crippen molar-refractivity contribution in [3.63, 3.8) is 0 Å². The molecule has 0 saturated heterocycles. The fourth-order valence-corrected chi connectivity index (χ4v) is 3.81. The van der Waals surface area contributed by atoms with Gasteiger partial charge in [-0.2, -0.15) is 0 Å². The van der Waals surface area contributed by atoms with Crippen LogP contribution in [-0.2, 0) is 0 Å². The molecule has 0 aliphatic heterocycles. The molecular weight excluding hydrogens is 395 g/mol. The van der Waals surface area contributed by atoms with E-state index in [4.69, 9.17) is 34.8 Å². The second kappa shape index (κ2) is 6.29. The molecule has 1 unspecified atom stereocenters. The number of halogens is 5. The smallest absolute Gasteiger partial charge is 0.129 e. The Morgan fingerprint density at radius 2 is 1.89 bits per heavy atom. The molecule has 0 aliphatic rings. The first kappa shape index (κ1) is 15.5. The van der Waals surface area contributed by atoms with Crippen molar-refractivity contribution < 1.29 is 4.39 Å². The van der Waals surface area contributed by atoms with Gasteiger partial charge in [-0.25, -0.2) is 4.39 Å². The monoisotopic (exact) mass is 401 g/mol. The summed E-state index contributed by atoms with van der Waals surface area (Å²) in [5, 5.41) is 3.46. The summed E-state index contributed by atoms with van der Waals surface area (Å²) < 4.78 is 15.7. The van der Waals surface area contributed by atoms with Crippen molar-refractivity contribution in [1.82, 2.24) is 5.32 Å². The summed E-state index contributed by atoms with van der Waals surface area (Å²) in [5.74, 6) is -0.367. The zero-order chi connectivity index (χ0) is 14.2. The Hall–Kier alpha value is 0.160. The van der Waals surface area contributed by atoms with Crippen LogP contribution in [0.2, 0.25) is 13.7 Å². The van der Waals surface area contributed by atoms with Gasteiger partial charge in [0.1, 0.15) is 5.82 Å². The van der Waals surface area contributed by atoms with Crippen molar-refractivity contribution in [2.75, 3.05) is 7.05 Å². The molecule has 0 amide bonds. The van der Waals surface area contributed by atoms with Gasteiger partial charge in [-0.15, -0.1) is 11.3 Å². The Kier molecular flexibility index (Phi) is 5.15. The molecule has 1 atom stereocenters. The van der Waals surface area contributed by atoms with Gasteiger partial charge in [0, 0.05) is 15.6 Å². The van der Waals surface area contributed by atoms with E-state index in [-0.39, 0.29) is 5.82 Å². The molecule has 19 heavy (non-hydrogen) atoms. The highest BCUT2D eigenvalue weighted by atomic mass is 79.9. The van der Waals surface area contributed by atoms with Crippen LogP contribution < -0.4 is 5.32 Å². The molecule has 0 spiro atoms. The molecule has 1 aromatic heterocycles. The lowest BCUT2D eigenvalue weighted by atomic mass is 10.0. The third kappa shape index (κ3) is 3.26. The summed E-state index contributed by atoms with van der Waals surface area (Å²) in [6.45, 7) is 0. The average molecular weight is 404 g/mol. The highest BCUT2D eigenvalue weighted by Gasteiger charge is 2.22. The van der Waals surface area contributed by atoms with Crippen molar-refractivity contribution in [3.8, 4) is 0 Å². The van der Waals surface area contributed by atoms with Crippen molar-refractivity contribution in [1.29, 1.82) is 0 Å². The highest BCUT2D eigenvalue weighted by molar-refractivity contribution is 9.10. The second-order valence-corrected chi connectivity index (χ2v) is 7.34. The zero-order valence-electron chi connectivity index (χ0n) is 9.61. The van der Waals surface area contributed by atoms with Gasteiger partial charge >= 0.3 is 0 Å². The van der Waals surface area contributed by atoms with E-state index in [1.54, 1.807) is 19.2 Å². The maximum atomic E-state index is 14.1. The van der Waals surface area contributed by atoms with Crippen LogP contribution in [0.3, 0.4) is 0 Å². The minimum atomic E-state index is -0.401. The summed E-state index contributed by atoms with van der Waals surface area (Å²) in [4.78, 5) is 0. The molecular formula is C12H8BrCl3FNS. The molecule has 1 aromatic carbocycles. The van der Waals surface area contributed by atoms with Crippen molar-refractivity contribution in [2.24, 2.45) is 0 Å². The SMILES string of the molecule is CNC(c1cc(Cl)c(Br)cc1F)c1cc(Cl)sc1Cl. The maximum Gasteiger partial charge on any atom is 0.129 e. The zero-order valence-corrected chi connectivity index (χ0v) is 14.3. The Balaban J connectivity index is 2.54. The predicted octanol–water partition coefficient (Wildman–Crippen LogP) is 5.92. The van der Waals surface area contributed by atoms with Crippen LogP contribution in [0.15, 0.2) is 22.7 Å². The van der Waals surface area contributed by atoms with Crippen molar-refractivity contribution in [3.05, 3.63) is 53.3 Å². The number of rotatable bonds is 3. The number of hydrogen-bond acceptors (Lipinski definition) is 2. The van der Waals surface area contributed by atoms with E-state index in [9.17, 15) is 4.39 Å². The number of hydrogen-bond donors (Lipinski definition) is 1. The number of nitrogens with one attached hydrogen (secondary N) is 1. The standard InChI is InChI=1S/C12H8BrCl3FNS/c1-18-11(6-3-10(15)19-12(6)16)5-2-8(14)7(13)4-9(5)17/h2-4,11,18H,1H3. The van der Waals surface area contributed by atoms with Gasteiger partial charge in [-0.1, -0.05) is 34.8 Å². The molecule has 0 saturated carbocycles. The summed E-state index contributed by atoms with van der Waals surface area (Å²) >= 11 is 22.5. The maximum absolute atomic E-state index is 14.1. The molecule has 1 N–H and O–H groups in total. The first-order chi connectivity index (χ1) is 8.93. The summed E-state index contributed by atoms with van der Waals surface area (Å²) in [5.41, 5.74) is 1.16. The molecule has 1 nitrogen and oxygen atoms in total. The molecule has 0 bridgehead atoms. The molecule has 102 valence electrons. The fourth-order valence-electron chi connectivity index (χ4n) is 1.79. The van der Waals surface area contributed by atoms with Crippen LogP contribution in [0.4, 0.5) is 4.39 Å². The molecule has 0 aliphatic carbocycles. The van der Waals surface area contributed by atoms with Gasteiger partial charge in [0.25, 0.3) is 0 Å². The van der Waals surface area contributed by atoms with Gasteiger partial charge in [0.05, 0.1) is 19.7 Å². The van der Waals surface area contributed by atoms with E-state index >= 15 is 0 Å². The molecule has 7 heteroatoms. The lowest BCUT2D eigenvalue weighted by Gasteiger charge is -2.17. The van der Waals surface area contributed by atoms with Crippen LogP contribution in [0.5, 0.6) is 0 Å². The number of thiophene rings is 1. The van der Waals surface area contributed by atoms with E-state index in [1.807, 2.05) is 0 Å². The third-order valence-corrected chi connectivity index (χ3v) is 5.35. The van der Waals surface area contributed by atoms with Gasteiger partial charge in [-0.05, 0) is 41.2 Å². The molecule has 2 aromatic rings. The summed E-state index contributed by atoms with van der Waals surface area (Å²) in [6, 6.07) is 4.24. The largest absolute Gasteiger partial charge is 0.309 e. The predicted molar refractivity (Wildman–Crippen MR) is 84.4 cm³/mol. The van der Waals surface area contributed by atoms with Crippen molar-refractivity contribution >= 4 is 62.1 Å². The summed E-state index contributed by atoms with van der Waals surface area (Å²) in [7, 11) is 1.72. The fraction of sp³-hybridized carbons (Fsp3) is 0.167. The molecule has 0 fully saturated rings. The lowest BCUT2D eigenvalue weighted by molar-refractivity contribution is 0.576. The minimum Gasteiger partial charge on any atom is -0.309 e. The van der Waals surface area contributed by atoms with E-state index in [0.29, 0.717) is 23.7 Å². The van der Waals surface area contributed by atoms with Gasteiger partial charge in [-0.3, -0.25) is 0 Å².